The van der Waals surface area contributed by atoms with Crippen LogP contribution < -0.4 is 5.32 Å². The molecule has 1 saturated heterocycles. The van der Waals surface area contributed by atoms with Gasteiger partial charge in [0.25, 0.3) is 0 Å². The number of aliphatic hydroxyl groups is 1. The topological polar surface area (TPSA) is 65.5 Å². The highest BCUT2D eigenvalue weighted by molar-refractivity contribution is 5.82. The number of para-hydroxylation sites is 1. The summed E-state index contributed by atoms with van der Waals surface area (Å²) in [4.78, 5) is 18.9. The van der Waals surface area contributed by atoms with Crippen molar-refractivity contribution in [1.82, 2.24) is 15.2 Å². The lowest BCUT2D eigenvalue weighted by atomic mass is 9.91. The number of hydrogen-bond acceptors (Lipinski definition) is 4. The number of nitrogens with one attached hydrogen (secondary N) is 1. The van der Waals surface area contributed by atoms with Crippen LogP contribution in [-0.4, -0.2) is 53.2 Å². The fraction of sp³-hybridized carbons (Fsp3) is 0.500. The summed E-state index contributed by atoms with van der Waals surface area (Å²) in [6, 6.07) is 10.2. The number of carbonyl (C=O) groups is 1. The van der Waals surface area contributed by atoms with Crippen molar-refractivity contribution >= 4 is 16.8 Å². The minimum Gasteiger partial charge on any atom is -0.395 e. The molecule has 1 aromatic carbocycles. The van der Waals surface area contributed by atoms with Crippen LogP contribution in [0.5, 0.6) is 0 Å². The van der Waals surface area contributed by atoms with Crippen LogP contribution in [0.2, 0.25) is 0 Å². The summed E-state index contributed by atoms with van der Waals surface area (Å²) in [5, 5.41) is 13.7. The zero-order chi connectivity index (χ0) is 17.6. The Morgan fingerprint density at radius 1 is 1.36 bits per heavy atom. The van der Waals surface area contributed by atoms with Crippen molar-refractivity contribution in [3.63, 3.8) is 0 Å². The Bertz CT molecular complexity index is 714. The lowest BCUT2D eigenvalue weighted by molar-refractivity contribution is -0.123. The number of hydrogen-bond donors (Lipinski definition) is 2. The molecule has 5 nitrogen and oxygen atoms in total. The predicted molar refractivity (Wildman–Crippen MR) is 99.3 cm³/mol. The quantitative estimate of drug-likeness (QED) is 0.843. The number of amides is 1. The maximum atomic E-state index is 12.3. The lowest BCUT2D eigenvalue weighted by Gasteiger charge is -2.38. The molecule has 1 aliphatic heterocycles. The molecule has 2 aromatic rings. The van der Waals surface area contributed by atoms with Crippen LogP contribution in [0.15, 0.2) is 36.5 Å². The van der Waals surface area contributed by atoms with Crippen LogP contribution in [0.3, 0.4) is 0 Å². The van der Waals surface area contributed by atoms with E-state index in [9.17, 15) is 9.90 Å². The molecule has 134 valence electrons. The third-order valence-electron chi connectivity index (χ3n) is 5.20. The van der Waals surface area contributed by atoms with Crippen LogP contribution >= 0.6 is 0 Å². The number of nitrogens with zero attached hydrogens (tertiary/aromatic N) is 2. The summed E-state index contributed by atoms with van der Waals surface area (Å²) >= 11 is 0. The van der Waals surface area contributed by atoms with Crippen molar-refractivity contribution in [2.45, 2.75) is 32.2 Å². The van der Waals surface area contributed by atoms with E-state index in [0.29, 0.717) is 19.0 Å². The van der Waals surface area contributed by atoms with Gasteiger partial charge in [0.15, 0.2) is 0 Å². The van der Waals surface area contributed by atoms with Gasteiger partial charge in [-0.2, -0.15) is 0 Å². The van der Waals surface area contributed by atoms with E-state index >= 15 is 0 Å². The van der Waals surface area contributed by atoms with Crippen molar-refractivity contribution in [2.75, 3.05) is 26.2 Å². The zero-order valence-electron chi connectivity index (χ0n) is 14.8. The van der Waals surface area contributed by atoms with Crippen LogP contribution in [-0.2, 0) is 11.2 Å². The SMILES string of the molecule is CC1CCCN(CC(=O)NCCc2cccc3cccnc23)C1CO. The number of piperidine rings is 1. The molecule has 0 saturated carbocycles. The Morgan fingerprint density at radius 3 is 3.04 bits per heavy atom. The maximum Gasteiger partial charge on any atom is 0.234 e. The van der Waals surface area contributed by atoms with Crippen molar-refractivity contribution in [3.8, 4) is 0 Å². The highest BCUT2D eigenvalue weighted by Crippen LogP contribution is 2.22. The van der Waals surface area contributed by atoms with Gasteiger partial charge in [-0.05, 0) is 43.4 Å². The second kappa shape index (κ2) is 8.41. The molecule has 1 aromatic heterocycles. The van der Waals surface area contributed by atoms with Gasteiger partial charge in [0, 0.05) is 24.2 Å². The average molecular weight is 341 g/mol. The molecule has 2 unspecified atom stereocenters. The molecule has 1 aliphatic rings. The van der Waals surface area contributed by atoms with Gasteiger partial charge in [0.05, 0.1) is 18.7 Å². The first-order valence-electron chi connectivity index (χ1n) is 9.13. The van der Waals surface area contributed by atoms with Gasteiger partial charge in [-0.3, -0.25) is 14.7 Å². The number of carbonyl (C=O) groups excluding carboxylic acids is 1. The van der Waals surface area contributed by atoms with Crippen LogP contribution in [0.25, 0.3) is 10.9 Å². The summed E-state index contributed by atoms with van der Waals surface area (Å²) in [6.45, 7) is 4.12. The van der Waals surface area contributed by atoms with Gasteiger partial charge >= 0.3 is 0 Å². The van der Waals surface area contributed by atoms with E-state index in [4.69, 9.17) is 0 Å². The first-order valence-corrected chi connectivity index (χ1v) is 9.13. The van der Waals surface area contributed by atoms with Gasteiger partial charge in [-0.1, -0.05) is 31.2 Å². The number of aromatic nitrogens is 1. The highest BCUT2D eigenvalue weighted by atomic mass is 16.3. The number of fused-ring (bicyclic) bond motifs is 1. The first-order chi connectivity index (χ1) is 12.2. The average Bonchev–Trinajstić information content (AvgIpc) is 2.62. The predicted octanol–water partition coefficient (Wildman–Crippen LogP) is 1.99. The van der Waals surface area contributed by atoms with Crippen molar-refractivity contribution in [1.29, 1.82) is 0 Å². The highest BCUT2D eigenvalue weighted by Gasteiger charge is 2.28. The van der Waals surface area contributed by atoms with E-state index in [1.807, 2.05) is 12.1 Å². The molecular weight excluding hydrogens is 314 g/mol. The van der Waals surface area contributed by atoms with E-state index in [0.717, 1.165) is 42.3 Å². The second-order valence-electron chi connectivity index (χ2n) is 6.93. The number of rotatable bonds is 6. The van der Waals surface area contributed by atoms with Gasteiger partial charge in [-0.15, -0.1) is 0 Å². The van der Waals surface area contributed by atoms with E-state index < -0.39 is 0 Å². The monoisotopic (exact) mass is 341 g/mol. The standard InChI is InChI=1S/C20H27N3O2/c1-15-5-4-12-23(18(15)14-24)13-19(25)21-11-9-17-7-2-6-16-8-3-10-22-20(16)17/h2-3,6-8,10,15,18,24H,4-5,9,11-14H2,1H3,(H,21,25). The molecule has 0 bridgehead atoms. The number of pyridine rings is 1. The summed E-state index contributed by atoms with van der Waals surface area (Å²) in [5.41, 5.74) is 2.16. The molecular formula is C20H27N3O2. The summed E-state index contributed by atoms with van der Waals surface area (Å²) in [7, 11) is 0. The minimum absolute atomic E-state index is 0.0285. The van der Waals surface area contributed by atoms with Crippen LogP contribution in [0.4, 0.5) is 0 Å². The van der Waals surface area contributed by atoms with E-state index in [-0.39, 0.29) is 18.6 Å². The zero-order valence-corrected chi connectivity index (χ0v) is 14.8. The van der Waals surface area contributed by atoms with Crippen molar-refractivity contribution in [3.05, 3.63) is 42.1 Å². The molecule has 0 spiro atoms. The molecule has 25 heavy (non-hydrogen) atoms. The van der Waals surface area contributed by atoms with E-state index in [2.05, 4.69) is 40.3 Å². The van der Waals surface area contributed by atoms with Gasteiger partial charge in [0.1, 0.15) is 0 Å². The number of benzene rings is 1. The lowest BCUT2D eigenvalue weighted by Crippen LogP contribution is -2.50. The summed E-state index contributed by atoms with van der Waals surface area (Å²) in [6.07, 6.45) is 4.78. The number of aliphatic hydroxyl groups excluding tert-OH is 1. The van der Waals surface area contributed by atoms with E-state index in [1.165, 1.54) is 0 Å². The first kappa shape index (κ1) is 17.8. The Hall–Kier alpha value is -1.98. The molecule has 0 aliphatic carbocycles. The number of likely N-dealkylation sites (tertiary alicyclic amines) is 1. The summed E-state index contributed by atoms with van der Waals surface area (Å²) in [5.74, 6) is 0.467. The molecule has 5 heteroatoms. The molecule has 2 heterocycles. The molecule has 2 atom stereocenters. The van der Waals surface area contributed by atoms with Gasteiger partial charge in [0.2, 0.25) is 5.91 Å². The second-order valence-corrected chi connectivity index (χ2v) is 6.93. The molecule has 1 fully saturated rings. The fourth-order valence-electron chi connectivity index (χ4n) is 3.77. The third-order valence-corrected chi connectivity index (χ3v) is 5.20. The maximum absolute atomic E-state index is 12.3. The molecule has 1 amide bonds. The molecule has 2 N–H and O–H groups in total. The minimum atomic E-state index is 0.0285. The Kier molecular flexibility index (Phi) is 6.00. The Morgan fingerprint density at radius 2 is 2.20 bits per heavy atom. The Labute approximate surface area is 149 Å². The van der Waals surface area contributed by atoms with Gasteiger partial charge < -0.3 is 10.4 Å². The van der Waals surface area contributed by atoms with Crippen LogP contribution in [0, 0.1) is 5.92 Å². The van der Waals surface area contributed by atoms with Crippen LogP contribution in [0.1, 0.15) is 25.3 Å². The smallest absolute Gasteiger partial charge is 0.234 e. The van der Waals surface area contributed by atoms with Crippen molar-refractivity contribution in [2.24, 2.45) is 5.92 Å². The normalized spacial score (nSPS) is 21.4. The molecule has 3 rings (SSSR count). The van der Waals surface area contributed by atoms with Crippen molar-refractivity contribution < 1.29 is 9.90 Å². The largest absolute Gasteiger partial charge is 0.395 e. The Balaban J connectivity index is 1.52. The third kappa shape index (κ3) is 4.35. The van der Waals surface area contributed by atoms with E-state index in [1.54, 1.807) is 6.20 Å². The molecule has 0 radical (unpaired) electrons. The summed E-state index contributed by atoms with van der Waals surface area (Å²) < 4.78 is 0. The fourth-order valence-corrected chi connectivity index (χ4v) is 3.77. The van der Waals surface area contributed by atoms with Gasteiger partial charge in [-0.25, -0.2) is 0 Å².